The number of benzene rings is 1. The molecular formula is C27H41NO10. The number of ether oxygens (including phenoxy) is 6. The van der Waals surface area contributed by atoms with Gasteiger partial charge in [0.05, 0.1) is 13.7 Å². The van der Waals surface area contributed by atoms with Crippen molar-refractivity contribution in [2.24, 2.45) is 5.73 Å². The van der Waals surface area contributed by atoms with Crippen LogP contribution in [0.25, 0.3) is 0 Å². The highest BCUT2D eigenvalue weighted by molar-refractivity contribution is 5.81. The summed E-state index contributed by atoms with van der Waals surface area (Å²) in [6.07, 6.45) is 0.161. The lowest BCUT2D eigenvalue weighted by Gasteiger charge is -2.26. The highest BCUT2D eigenvalue weighted by Crippen LogP contribution is 2.31. The van der Waals surface area contributed by atoms with E-state index in [4.69, 9.17) is 34.2 Å². The second-order valence-corrected chi connectivity index (χ2v) is 9.06. The molecule has 0 bridgehead atoms. The molecule has 0 aliphatic rings. The molecule has 0 amide bonds. The normalized spacial score (nSPS) is 13.9. The van der Waals surface area contributed by atoms with Gasteiger partial charge >= 0.3 is 24.2 Å². The van der Waals surface area contributed by atoms with E-state index in [-0.39, 0.29) is 49.4 Å². The third-order valence-electron chi connectivity index (χ3n) is 5.80. The fourth-order valence-electron chi connectivity index (χ4n) is 3.12. The first-order valence-corrected chi connectivity index (χ1v) is 12.9. The molecule has 0 spiro atoms. The minimum atomic E-state index is -1.55. The van der Waals surface area contributed by atoms with Gasteiger partial charge in [0, 0.05) is 19.3 Å². The van der Waals surface area contributed by atoms with Crippen LogP contribution in [-0.2, 0) is 35.0 Å². The van der Waals surface area contributed by atoms with Crippen molar-refractivity contribution in [1.29, 1.82) is 0 Å². The van der Waals surface area contributed by atoms with Crippen molar-refractivity contribution >= 4 is 24.2 Å². The lowest BCUT2D eigenvalue weighted by Crippen LogP contribution is -2.51. The van der Waals surface area contributed by atoms with Gasteiger partial charge in [-0.25, -0.2) is 9.59 Å². The Morgan fingerprint density at radius 3 is 2.03 bits per heavy atom. The minimum Gasteiger partial charge on any atom is -0.468 e. The molecule has 0 aromatic heterocycles. The van der Waals surface area contributed by atoms with Gasteiger partial charge in [-0.3, -0.25) is 9.59 Å². The Morgan fingerprint density at radius 1 is 0.921 bits per heavy atom. The van der Waals surface area contributed by atoms with Crippen LogP contribution in [0.4, 0.5) is 9.59 Å². The zero-order valence-electron chi connectivity index (χ0n) is 23.2. The van der Waals surface area contributed by atoms with Crippen LogP contribution in [0.1, 0.15) is 78.7 Å². The summed E-state index contributed by atoms with van der Waals surface area (Å²) in [5.41, 5.74) is 5.30. The van der Waals surface area contributed by atoms with E-state index in [0.717, 1.165) is 6.42 Å². The predicted octanol–water partition coefficient (Wildman–Crippen LogP) is 4.85. The summed E-state index contributed by atoms with van der Waals surface area (Å²) in [5.74, 6) is -1.30. The lowest BCUT2D eigenvalue weighted by molar-refractivity contribution is -0.151. The third kappa shape index (κ3) is 11.4. The summed E-state index contributed by atoms with van der Waals surface area (Å²) in [6.45, 7) is 8.97. The number of hydrogen-bond donors (Lipinski definition) is 1. The van der Waals surface area contributed by atoms with Gasteiger partial charge in [0.25, 0.3) is 0 Å². The van der Waals surface area contributed by atoms with Crippen LogP contribution in [0.5, 0.6) is 11.5 Å². The monoisotopic (exact) mass is 539 g/mol. The number of unbranched alkanes of at least 4 members (excludes halogenated alkanes) is 1. The molecule has 3 atom stereocenters. The van der Waals surface area contributed by atoms with Crippen molar-refractivity contribution in [3.05, 3.63) is 23.8 Å². The highest BCUT2D eigenvalue weighted by atomic mass is 16.7. The van der Waals surface area contributed by atoms with Gasteiger partial charge in [-0.15, -0.1) is 0 Å². The second-order valence-electron chi connectivity index (χ2n) is 9.06. The number of esters is 2. The largest absolute Gasteiger partial charge is 0.514 e. The summed E-state index contributed by atoms with van der Waals surface area (Å²) in [7, 11) is 1.20. The summed E-state index contributed by atoms with van der Waals surface area (Å²) in [6, 6.07) is 4.35. The van der Waals surface area contributed by atoms with E-state index in [9.17, 15) is 19.2 Å². The molecule has 11 heteroatoms. The molecule has 2 N–H and O–H groups in total. The number of methoxy groups -OCH3 is 1. The molecule has 11 nitrogen and oxygen atoms in total. The number of hydrogen-bond acceptors (Lipinski definition) is 11. The average Bonchev–Trinajstić information content (AvgIpc) is 2.87. The van der Waals surface area contributed by atoms with Crippen LogP contribution in [0.3, 0.4) is 0 Å². The highest BCUT2D eigenvalue weighted by Gasteiger charge is 2.36. The fourth-order valence-corrected chi connectivity index (χ4v) is 3.12. The standard InChI is InChI=1S/C27H41NO10/c1-7-10-11-23(29)34-15-14-27(28,24(30)33-6)17-20-12-13-21(37-25(31)35-18(4)8-2)22(16-20)38-26(32)36-19(5)9-3/h12-13,16,18-19H,7-11,14-15,17,28H2,1-6H3/t18-,19?,27+/m0/s1. The fraction of sp³-hybridized carbons (Fsp3) is 0.630. The second kappa shape index (κ2) is 16.5. The molecule has 0 heterocycles. The molecule has 0 radical (unpaired) electrons. The van der Waals surface area contributed by atoms with Crippen molar-refractivity contribution in [2.45, 2.75) is 97.3 Å². The van der Waals surface area contributed by atoms with Gasteiger partial charge in [0.1, 0.15) is 17.7 Å². The van der Waals surface area contributed by atoms with E-state index in [0.29, 0.717) is 24.8 Å². The van der Waals surface area contributed by atoms with Crippen LogP contribution in [0, 0.1) is 0 Å². The van der Waals surface area contributed by atoms with E-state index >= 15 is 0 Å². The van der Waals surface area contributed by atoms with Gasteiger partial charge < -0.3 is 34.2 Å². The van der Waals surface area contributed by atoms with Gasteiger partial charge in [0.2, 0.25) is 0 Å². The molecular weight excluding hydrogens is 498 g/mol. The van der Waals surface area contributed by atoms with Crippen LogP contribution in [0.15, 0.2) is 18.2 Å². The van der Waals surface area contributed by atoms with E-state index in [2.05, 4.69) is 0 Å². The Labute approximate surface area is 224 Å². The lowest BCUT2D eigenvalue weighted by atomic mass is 9.88. The number of carbonyl (C=O) groups excluding carboxylic acids is 4. The number of carbonyl (C=O) groups is 4. The summed E-state index contributed by atoms with van der Waals surface area (Å²) >= 11 is 0. The quantitative estimate of drug-likeness (QED) is 0.185. The molecule has 0 aliphatic heterocycles. The maximum absolute atomic E-state index is 12.6. The van der Waals surface area contributed by atoms with Gasteiger partial charge in [0.15, 0.2) is 11.5 Å². The number of rotatable bonds is 15. The van der Waals surface area contributed by atoms with Gasteiger partial charge in [-0.1, -0.05) is 33.3 Å². The first-order valence-electron chi connectivity index (χ1n) is 12.9. The summed E-state index contributed by atoms with van der Waals surface area (Å²) in [4.78, 5) is 48.9. The molecule has 214 valence electrons. The Balaban J connectivity index is 3.16. The third-order valence-corrected chi connectivity index (χ3v) is 5.80. The summed E-state index contributed by atoms with van der Waals surface area (Å²) in [5, 5.41) is 0. The Morgan fingerprint density at radius 2 is 1.50 bits per heavy atom. The van der Waals surface area contributed by atoms with E-state index in [1.165, 1.54) is 19.2 Å². The van der Waals surface area contributed by atoms with Crippen LogP contribution in [-0.4, -0.2) is 55.7 Å². The first-order chi connectivity index (χ1) is 18.0. The molecule has 38 heavy (non-hydrogen) atoms. The maximum atomic E-state index is 12.6. The van der Waals surface area contributed by atoms with Crippen molar-refractivity contribution in [1.82, 2.24) is 0 Å². The first kappa shape index (κ1) is 32.7. The Kier molecular flexibility index (Phi) is 14.2. The SMILES string of the molecule is CCCCC(=O)OCC[C@@](N)(Cc1ccc(OC(=O)O[C@@H](C)CC)c(OC(=O)OC(C)CC)c1)C(=O)OC. The zero-order chi connectivity index (χ0) is 28.7. The van der Waals surface area contributed by atoms with Crippen LogP contribution >= 0.6 is 0 Å². The minimum absolute atomic E-state index is 0.0106. The topological polar surface area (TPSA) is 150 Å². The molecule has 0 fully saturated rings. The van der Waals surface area contributed by atoms with Crippen LogP contribution in [0.2, 0.25) is 0 Å². The van der Waals surface area contributed by atoms with E-state index in [1.807, 2.05) is 20.8 Å². The van der Waals surface area contributed by atoms with E-state index < -0.39 is 29.9 Å². The van der Waals surface area contributed by atoms with Gasteiger partial charge in [-0.2, -0.15) is 0 Å². The zero-order valence-corrected chi connectivity index (χ0v) is 23.2. The van der Waals surface area contributed by atoms with Crippen molar-refractivity contribution in [3.8, 4) is 11.5 Å². The molecule has 0 saturated heterocycles. The summed E-state index contributed by atoms with van der Waals surface area (Å²) < 4.78 is 31.0. The van der Waals surface area contributed by atoms with Crippen LogP contribution < -0.4 is 15.2 Å². The molecule has 1 unspecified atom stereocenters. The van der Waals surface area contributed by atoms with Crippen molar-refractivity contribution in [3.63, 3.8) is 0 Å². The Bertz CT molecular complexity index is 934. The molecule has 0 saturated carbocycles. The maximum Gasteiger partial charge on any atom is 0.514 e. The molecule has 1 rings (SSSR count). The molecule has 1 aromatic carbocycles. The Hall–Kier alpha value is -3.34. The van der Waals surface area contributed by atoms with Gasteiger partial charge in [-0.05, 0) is 50.8 Å². The molecule has 1 aromatic rings. The van der Waals surface area contributed by atoms with E-state index in [1.54, 1.807) is 19.9 Å². The number of nitrogens with two attached hydrogens (primary N) is 1. The average molecular weight is 540 g/mol. The van der Waals surface area contributed by atoms with Crippen molar-refractivity contribution < 1.29 is 47.6 Å². The predicted molar refractivity (Wildman–Crippen MR) is 138 cm³/mol. The molecule has 0 aliphatic carbocycles. The smallest absolute Gasteiger partial charge is 0.468 e. The van der Waals surface area contributed by atoms with Crippen molar-refractivity contribution in [2.75, 3.05) is 13.7 Å².